The highest BCUT2D eigenvalue weighted by Gasteiger charge is 2.22. The molecule has 3 N–H and O–H groups in total. The summed E-state index contributed by atoms with van der Waals surface area (Å²) in [6.45, 7) is 2.95. The van der Waals surface area contributed by atoms with Crippen LogP contribution in [0.15, 0.2) is 12.4 Å². The minimum absolute atomic E-state index is 0.313. The van der Waals surface area contributed by atoms with Crippen LogP contribution in [0.5, 0.6) is 0 Å². The summed E-state index contributed by atoms with van der Waals surface area (Å²) >= 11 is 0. The van der Waals surface area contributed by atoms with Crippen LogP contribution in [0.25, 0.3) is 0 Å². The van der Waals surface area contributed by atoms with Gasteiger partial charge in [0.2, 0.25) is 0 Å². The molecule has 1 aromatic heterocycles. The average molecular weight is 237 g/mol. The molecule has 1 aliphatic heterocycles. The number of nitrogens with one attached hydrogen (secondary N) is 3. The van der Waals surface area contributed by atoms with E-state index in [2.05, 4.69) is 20.8 Å². The summed E-state index contributed by atoms with van der Waals surface area (Å²) in [6, 6.07) is 0. The molecule has 0 bridgehead atoms. The van der Waals surface area contributed by atoms with Crippen molar-refractivity contribution in [2.75, 3.05) is 26.2 Å². The van der Waals surface area contributed by atoms with E-state index in [1.807, 2.05) is 0 Å². The lowest BCUT2D eigenvalue weighted by atomic mass is 10.3. The first-order valence-electron chi connectivity index (χ1n) is 5.53. The maximum Gasteiger partial charge on any atom is 0.311 e. The van der Waals surface area contributed by atoms with Crippen molar-refractivity contribution in [1.29, 1.82) is 0 Å². The van der Waals surface area contributed by atoms with Crippen LogP contribution in [0.2, 0.25) is 0 Å². The maximum absolute atomic E-state index is 11.7. The molecule has 2 rings (SSSR count). The van der Waals surface area contributed by atoms with Crippen molar-refractivity contribution in [2.24, 2.45) is 0 Å². The van der Waals surface area contributed by atoms with Crippen molar-refractivity contribution in [2.45, 2.75) is 6.54 Å². The van der Waals surface area contributed by atoms with Gasteiger partial charge in [0.05, 0.1) is 6.20 Å². The number of H-pyrrole nitrogens is 1. The second kappa shape index (κ2) is 5.44. The first-order chi connectivity index (χ1) is 8.27. The lowest BCUT2D eigenvalue weighted by Crippen LogP contribution is -2.51. The lowest BCUT2D eigenvalue weighted by molar-refractivity contribution is -0.146. The van der Waals surface area contributed by atoms with E-state index in [-0.39, 0.29) is 0 Å². The van der Waals surface area contributed by atoms with Crippen molar-refractivity contribution in [3.8, 4) is 0 Å². The van der Waals surface area contributed by atoms with Crippen molar-refractivity contribution in [1.82, 2.24) is 25.7 Å². The van der Waals surface area contributed by atoms with Gasteiger partial charge in [-0.2, -0.15) is 5.10 Å². The van der Waals surface area contributed by atoms with Crippen molar-refractivity contribution < 1.29 is 9.59 Å². The van der Waals surface area contributed by atoms with Gasteiger partial charge in [-0.1, -0.05) is 0 Å². The Hall–Kier alpha value is -1.89. The molecule has 7 nitrogen and oxygen atoms in total. The number of carbonyl (C=O) groups is 2. The highest BCUT2D eigenvalue weighted by atomic mass is 16.2. The Morgan fingerprint density at radius 3 is 2.82 bits per heavy atom. The van der Waals surface area contributed by atoms with Crippen LogP contribution in [0.3, 0.4) is 0 Å². The lowest BCUT2D eigenvalue weighted by Gasteiger charge is -2.26. The van der Waals surface area contributed by atoms with Gasteiger partial charge in [-0.05, 0) is 0 Å². The first kappa shape index (κ1) is 11.6. The summed E-state index contributed by atoms with van der Waals surface area (Å²) in [7, 11) is 0. The summed E-state index contributed by atoms with van der Waals surface area (Å²) in [5.74, 6) is -1.02. The molecule has 2 amide bonds. The van der Waals surface area contributed by atoms with Crippen LogP contribution in [0.4, 0.5) is 0 Å². The van der Waals surface area contributed by atoms with Gasteiger partial charge in [0.15, 0.2) is 0 Å². The molecule has 17 heavy (non-hydrogen) atoms. The normalized spacial score (nSPS) is 15.6. The highest BCUT2D eigenvalue weighted by Crippen LogP contribution is 1.95. The van der Waals surface area contributed by atoms with Crippen molar-refractivity contribution in [3.05, 3.63) is 18.0 Å². The van der Waals surface area contributed by atoms with Gasteiger partial charge in [0.25, 0.3) is 0 Å². The number of carbonyl (C=O) groups excluding carboxylic acids is 2. The molecule has 0 aromatic carbocycles. The Kier molecular flexibility index (Phi) is 3.71. The minimum atomic E-state index is -0.562. The minimum Gasteiger partial charge on any atom is -0.344 e. The van der Waals surface area contributed by atoms with Crippen molar-refractivity contribution in [3.63, 3.8) is 0 Å². The number of rotatable bonds is 2. The van der Waals surface area contributed by atoms with E-state index >= 15 is 0 Å². The SMILES string of the molecule is O=C(NCc1cn[nH]c1)C(=O)N1CCNCC1. The van der Waals surface area contributed by atoms with Gasteiger partial charge in [-0.15, -0.1) is 0 Å². The number of hydrogen-bond donors (Lipinski definition) is 3. The monoisotopic (exact) mass is 237 g/mol. The number of piperazine rings is 1. The summed E-state index contributed by atoms with van der Waals surface area (Å²) < 4.78 is 0. The average Bonchev–Trinajstić information content (AvgIpc) is 2.89. The molecule has 92 valence electrons. The quantitative estimate of drug-likeness (QED) is 0.544. The molecule has 0 aliphatic carbocycles. The van der Waals surface area contributed by atoms with E-state index in [0.29, 0.717) is 19.6 Å². The van der Waals surface area contributed by atoms with Gasteiger partial charge in [-0.3, -0.25) is 14.7 Å². The molecule has 0 saturated carbocycles. The van der Waals surface area contributed by atoms with E-state index in [9.17, 15) is 9.59 Å². The molecule has 0 spiro atoms. The number of aromatic amines is 1. The molecule has 1 aliphatic rings. The van der Waals surface area contributed by atoms with Gasteiger partial charge in [0, 0.05) is 44.5 Å². The van der Waals surface area contributed by atoms with E-state index in [1.54, 1.807) is 17.3 Å². The molecule has 0 radical (unpaired) electrons. The highest BCUT2D eigenvalue weighted by molar-refractivity contribution is 6.34. The Morgan fingerprint density at radius 2 is 2.18 bits per heavy atom. The first-order valence-corrected chi connectivity index (χ1v) is 5.53. The van der Waals surface area contributed by atoms with Gasteiger partial charge in [0.1, 0.15) is 0 Å². The second-order valence-corrected chi connectivity index (χ2v) is 3.83. The molecule has 2 heterocycles. The second-order valence-electron chi connectivity index (χ2n) is 3.83. The van der Waals surface area contributed by atoms with E-state index in [4.69, 9.17) is 0 Å². The standard InChI is InChI=1S/C10H15N5O2/c16-9(12-5-8-6-13-14-7-8)10(17)15-3-1-11-2-4-15/h6-7,11H,1-5H2,(H,12,16)(H,13,14). The van der Waals surface area contributed by atoms with Gasteiger partial charge >= 0.3 is 11.8 Å². The largest absolute Gasteiger partial charge is 0.344 e. The van der Waals surface area contributed by atoms with E-state index < -0.39 is 11.8 Å². The molecule has 1 aromatic rings. The number of hydrogen-bond acceptors (Lipinski definition) is 4. The summed E-state index contributed by atoms with van der Waals surface area (Å²) in [5.41, 5.74) is 0.839. The van der Waals surface area contributed by atoms with Crippen LogP contribution >= 0.6 is 0 Å². The number of aromatic nitrogens is 2. The summed E-state index contributed by atoms with van der Waals surface area (Å²) in [4.78, 5) is 24.9. The smallest absolute Gasteiger partial charge is 0.311 e. The zero-order valence-electron chi connectivity index (χ0n) is 9.40. The van der Waals surface area contributed by atoms with Crippen LogP contribution in [0, 0.1) is 0 Å². The van der Waals surface area contributed by atoms with Gasteiger partial charge in [-0.25, -0.2) is 0 Å². The maximum atomic E-state index is 11.7. The fraction of sp³-hybridized carbons (Fsp3) is 0.500. The topological polar surface area (TPSA) is 90.1 Å². The van der Waals surface area contributed by atoms with Gasteiger partial charge < -0.3 is 15.5 Å². The molecular formula is C10H15N5O2. The fourth-order valence-corrected chi connectivity index (χ4v) is 1.64. The molecule has 0 unspecified atom stereocenters. The molecule has 0 atom stereocenters. The molecular weight excluding hydrogens is 222 g/mol. The zero-order chi connectivity index (χ0) is 12.1. The van der Waals surface area contributed by atoms with Crippen LogP contribution in [-0.4, -0.2) is 53.1 Å². The Balaban J connectivity index is 1.80. The Labute approximate surface area is 98.6 Å². The van der Waals surface area contributed by atoms with E-state index in [0.717, 1.165) is 18.7 Å². The molecule has 7 heteroatoms. The van der Waals surface area contributed by atoms with Crippen LogP contribution < -0.4 is 10.6 Å². The van der Waals surface area contributed by atoms with E-state index in [1.165, 1.54) is 0 Å². The van der Waals surface area contributed by atoms with Crippen molar-refractivity contribution >= 4 is 11.8 Å². The third-order valence-corrected chi connectivity index (χ3v) is 2.61. The predicted octanol–water partition coefficient (Wildman–Crippen LogP) is -1.54. The third-order valence-electron chi connectivity index (χ3n) is 2.61. The summed E-state index contributed by atoms with van der Waals surface area (Å²) in [5, 5.41) is 12.1. The molecule has 1 fully saturated rings. The van der Waals surface area contributed by atoms with Crippen LogP contribution in [0.1, 0.15) is 5.56 Å². The predicted molar refractivity (Wildman–Crippen MR) is 59.9 cm³/mol. The number of nitrogens with zero attached hydrogens (tertiary/aromatic N) is 2. The van der Waals surface area contributed by atoms with Crippen LogP contribution in [-0.2, 0) is 16.1 Å². The number of amides is 2. The summed E-state index contributed by atoms with van der Waals surface area (Å²) in [6.07, 6.45) is 3.28. The fourth-order valence-electron chi connectivity index (χ4n) is 1.64. The zero-order valence-corrected chi connectivity index (χ0v) is 9.40. The Morgan fingerprint density at radius 1 is 1.41 bits per heavy atom. The molecule has 1 saturated heterocycles. The third kappa shape index (κ3) is 3.04. The Bertz CT molecular complexity index is 383.